The van der Waals surface area contributed by atoms with Crippen LogP contribution in [-0.2, 0) is 22.7 Å². The molecule has 0 aliphatic heterocycles. The van der Waals surface area contributed by atoms with Gasteiger partial charge in [0.25, 0.3) is 0 Å². The molecule has 0 saturated heterocycles. The minimum absolute atomic E-state index is 0.0301. The number of hydrogen-bond acceptors (Lipinski definition) is 11. The Bertz CT molecular complexity index is 1950. The van der Waals surface area contributed by atoms with E-state index >= 15 is 0 Å². The Kier molecular flexibility index (Phi) is 11.2. The molecule has 0 saturated carbocycles. The van der Waals surface area contributed by atoms with Gasteiger partial charge >= 0.3 is 0 Å². The molecule has 0 fully saturated rings. The highest BCUT2D eigenvalue weighted by Crippen LogP contribution is 2.35. The molecule has 46 heavy (non-hydrogen) atoms. The molecule has 0 atom stereocenters. The lowest BCUT2D eigenvalue weighted by Gasteiger charge is -2.15. The van der Waals surface area contributed by atoms with Crippen molar-refractivity contribution in [3.63, 3.8) is 0 Å². The van der Waals surface area contributed by atoms with Crippen molar-refractivity contribution >= 4 is 86.7 Å². The maximum absolute atomic E-state index is 14.0. The van der Waals surface area contributed by atoms with Gasteiger partial charge in [0.1, 0.15) is 48.4 Å². The standard InChI is InChI=1S/C31H28ClFN6O4S3/c1-3-42-27-14-24-21(13-25(27)37-28(41)15-39-31(44)46-30(38-39)45-11-10-18(2)40)29(35-17-34-24)36-20-8-9-26(22(32)12-20)43-16-19-6-4-5-7-23(19)33/h4-9,12-14,17H,3,10-11,15-16H2,1-2H3,(H,37,41)(H,34,35,36). The molecule has 0 bridgehead atoms. The van der Waals surface area contributed by atoms with Crippen molar-refractivity contribution in [1.82, 2.24) is 19.7 Å². The summed E-state index contributed by atoms with van der Waals surface area (Å²) >= 11 is 14.6. The second kappa shape index (κ2) is 15.5. The fourth-order valence-corrected chi connectivity index (χ4v) is 6.89. The monoisotopic (exact) mass is 698 g/mol. The van der Waals surface area contributed by atoms with E-state index < -0.39 is 0 Å². The molecule has 238 valence electrons. The Morgan fingerprint density at radius 1 is 1.11 bits per heavy atom. The fraction of sp³-hybridized carbons (Fsp3) is 0.226. The number of benzene rings is 3. The molecule has 5 aromatic rings. The molecule has 0 aliphatic carbocycles. The zero-order chi connectivity index (χ0) is 32.6. The van der Waals surface area contributed by atoms with Crippen LogP contribution in [0.25, 0.3) is 10.9 Å². The Morgan fingerprint density at radius 2 is 1.93 bits per heavy atom. The summed E-state index contributed by atoms with van der Waals surface area (Å²) in [7, 11) is 0. The normalized spacial score (nSPS) is 11.0. The minimum atomic E-state index is -0.355. The van der Waals surface area contributed by atoms with E-state index in [0.717, 1.165) is 0 Å². The van der Waals surface area contributed by atoms with Crippen molar-refractivity contribution in [2.45, 2.75) is 37.8 Å². The number of ether oxygens (including phenoxy) is 2. The number of halogens is 2. The molecule has 1 amide bonds. The SMILES string of the molecule is CCOc1cc2ncnc(Nc3ccc(OCc4ccccc4F)c(Cl)c3)c2cc1NC(=O)Cn1nc(SCCC(C)=O)sc1=S. The number of nitrogens with one attached hydrogen (secondary N) is 2. The van der Waals surface area contributed by atoms with E-state index in [1.54, 1.807) is 55.5 Å². The summed E-state index contributed by atoms with van der Waals surface area (Å²) in [5, 5.41) is 11.5. The summed E-state index contributed by atoms with van der Waals surface area (Å²) in [6.45, 7) is 3.68. The van der Waals surface area contributed by atoms with Gasteiger partial charge in [-0.05, 0) is 56.4 Å². The molecule has 0 radical (unpaired) electrons. The van der Waals surface area contributed by atoms with Gasteiger partial charge in [0.15, 0.2) is 8.29 Å². The molecule has 2 N–H and O–H groups in total. The number of thioether (sulfide) groups is 1. The topological polar surface area (TPSA) is 120 Å². The zero-order valence-electron chi connectivity index (χ0n) is 24.7. The van der Waals surface area contributed by atoms with Gasteiger partial charge in [-0.3, -0.25) is 9.59 Å². The van der Waals surface area contributed by atoms with Gasteiger partial charge in [-0.2, -0.15) is 5.10 Å². The average Bonchev–Trinajstić information content (AvgIpc) is 3.36. The van der Waals surface area contributed by atoms with Crippen LogP contribution in [0.4, 0.5) is 21.6 Å². The molecule has 3 aromatic carbocycles. The second-order valence-electron chi connectivity index (χ2n) is 9.81. The molecular formula is C31H28ClFN6O4S3. The predicted octanol–water partition coefficient (Wildman–Crippen LogP) is 7.84. The molecule has 0 spiro atoms. The molecule has 10 nitrogen and oxygen atoms in total. The molecular weight excluding hydrogens is 671 g/mol. The van der Waals surface area contributed by atoms with Gasteiger partial charge in [-0.15, -0.1) is 0 Å². The summed E-state index contributed by atoms with van der Waals surface area (Å²) in [5.41, 5.74) is 2.05. The van der Waals surface area contributed by atoms with Gasteiger partial charge in [0, 0.05) is 34.9 Å². The van der Waals surface area contributed by atoms with Crippen molar-refractivity contribution in [3.05, 3.63) is 81.3 Å². The quantitative estimate of drug-likeness (QED) is 0.0877. The highest BCUT2D eigenvalue weighted by Gasteiger charge is 2.16. The van der Waals surface area contributed by atoms with Crippen LogP contribution in [0, 0.1) is 9.77 Å². The minimum Gasteiger partial charge on any atom is -0.492 e. The first-order valence-electron chi connectivity index (χ1n) is 14.0. The molecule has 2 heterocycles. The van der Waals surface area contributed by atoms with Crippen LogP contribution in [0.15, 0.2) is 65.3 Å². The Morgan fingerprint density at radius 3 is 2.70 bits per heavy atom. The van der Waals surface area contributed by atoms with Gasteiger partial charge in [0.05, 0.1) is 22.8 Å². The number of anilines is 3. The van der Waals surface area contributed by atoms with E-state index in [9.17, 15) is 14.0 Å². The summed E-state index contributed by atoms with van der Waals surface area (Å²) < 4.78 is 28.1. The molecule has 0 aliphatic rings. The lowest BCUT2D eigenvalue weighted by atomic mass is 10.1. The van der Waals surface area contributed by atoms with Crippen LogP contribution in [0.2, 0.25) is 5.02 Å². The van der Waals surface area contributed by atoms with E-state index in [0.29, 0.717) is 77.3 Å². The van der Waals surface area contributed by atoms with Gasteiger partial charge < -0.3 is 20.1 Å². The summed E-state index contributed by atoms with van der Waals surface area (Å²) in [5.74, 6) is 1.29. The van der Waals surface area contributed by atoms with Crippen LogP contribution in [0.5, 0.6) is 11.5 Å². The lowest BCUT2D eigenvalue weighted by molar-refractivity contribution is -0.117. The highest BCUT2D eigenvalue weighted by atomic mass is 35.5. The Balaban J connectivity index is 1.33. The van der Waals surface area contributed by atoms with Gasteiger partial charge in [0.2, 0.25) is 5.91 Å². The van der Waals surface area contributed by atoms with E-state index in [1.165, 1.54) is 40.2 Å². The van der Waals surface area contributed by atoms with Crippen molar-refractivity contribution in [2.75, 3.05) is 23.0 Å². The van der Waals surface area contributed by atoms with Gasteiger partial charge in [-0.1, -0.05) is 52.9 Å². The number of aromatic nitrogens is 4. The average molecular weight is 699 g/mol. The first kappa shape index (κ1) is 33.3. The maximum Gasteiger partial charge on any atom is 0.246 e. The number of hydrogen-bond donors (Lipinski definition) is 2. The third kappa shape index (κ3) is 8.57. The van der Waals surface area contributed by atoms with E-state index in [-0.39, 0.29) is 30.7 Å². The number of carbonyl (C=O) groups is 2. The van der Waals surface area contributed by atoms with Crippen LogP contribution >= 0.6 is 46.9 Å². The highest BCUT2D eigenvalue weighted by molar-refractivity contribution is 8.01. The van der Waals surface area contributed by atoms with Crippen molar-refractivity contribution in [1.29, 1.82) is 0 Å². The number of amides is 1. The van der Waals surface area contributed by atoms with Crippen molar-refractivity contribution < 1.29 is 23.5 Å². The summed E-state index contributed by atoms with van der Waals surface area (Å²) in [6, 6.07) is 15.0. The smallest absolute Gasteiger partial charge is 0.246 e. The summed E-state index contributed by atoms with van der Waals surface area (Å²) in [6.07, 6.45) is 1.85. The van der Waals surface area contributed by atoms with Crippen LogP contribution in [-0.4, -0.2) is 43.8 Å². The van der Waals surface area contributed by atoms with Crippen molar-refractivity contribution in [3.8, 4) is 11.5 Å². The first-order chi connectivity index (χ1) is 22.2. The first-order valence-corrected chi connectivity index (χ1v) is 16.6. The van der Waals surface area contributed by atoms with E-state index in [2.05, 4.69) is 25.7 Å². The van der Waals surface area contributed by atoms with Crippen molar-refractivity contribution in [2.24, 2.45) is 0 Å². The molecule has 0 unspecified atom stereocenters. The summed E-state index contributed by atoms with van der Waals surface area (Å²) in [4.78, 5) is 33.2. The van der Waals surface area contributed by atoms with E-state index in [1.807, 2.05) is 6.92 Å². The predicted molar refractivity (Wildman–Crippen MR) is 182 cm³/mol. The number of ketones is 1. The maximum atomic E-state index is 14.0. The number of nitrogens with zero attached hydrogens (tertiary/aromatic N) is 4. The largest absolute Gasteiger partial charge is 0.492 e. The van der Waals surface area contributed by atoms with Gasteiger partial charge in [-0.25, -0.2) is 19.0 Å². The molecule has 2 aromatic heterocycles. The number of fused-ring (bicyclic) bond motifs is 1. The zero-order valence-corrected chi connectivity index (χ0v) is 27.9. The van der Waals surface area contributed by atoms with Crippen LogP contribution < -0.4 is 20.1 Å². The van der Waals surface area contributed by atoms with Crippen LogP contribution in [0.1, 0.15) is 25.8 Å². The Labute approximate surface area is 282 Å². The molecule has 5 rings (SSSR count). The molecule has 15 heteroatoms. The van der Waals surface area contributed by atoms with Crippen LogP contribution in [0.3, 0.4) is 0 Å². The number of carbonyl (C=O) groups excluding carboxylic acids is 2. The number of rotatable bonds is 14. The third-order valence-electron chi connectivity index (χ3n) is 6.41. The number of Topliss-reactive ketones (excluding diaryl/α,β-unsaturated/α-hetero) is 1. The lowest BCUT2D eigenvalue weighted by Crippen LogP contribution is -2.20. The Hall–Kier alpha value is -4.11. The third-order valence-corrected chi connectivity index (χ3v) is 9.15. The van der Waals surface area contributed by atoms with E-state index in [4.69, 9.17) is 33.3 Å². The second-order valence-corrected chi connectivity index (χ2v) is 13.2. The fourth-order valence-electron chi connectivity index (χ4n) is 4.21.